The van der Waals surface area contributed by atoms with E-state index in [0.717, 1.165) is 0 Å². The van der Waals surface area contributed by atoms with Gasteiger partial charge in [-0.25, -0.2) is 0 Å². The Morgan fingerprint density at radius 3 is 2.59 bits per heavy atom. The average molecular weight is 233 g/mol. The van der Waals surface area contributed by atoms with E-state index in [9.17, 15) is 0 Å². The topological polar surface area (TPSA) is 21.3 Å². The second-order valence-corrected chi connectivity index (χ2v) is 4.96. The van der Waals surface area contributed by atoms with Crippen LogP contribution in [0.25, 0.3) is 0 Å². The van der Waals surface area contributed by atoms with Crippen molar-refractivity contribution < 1.29 is 4.74 Å². The van der Waals surface area contributed by atoms with Crippen molar-refractivity contribution >= 4 is 0 Å². The molecular weight excluding hydrogens is 210 g/mol. The zero-order valence-corrected chi connectivity index (χ0v) is 10.9. The summed E-state index contributed by atoms with van der Waals surface area (Å²) in [5.74, 6) is 0. The fourth-order valence-corrected chi connectivity index (χ4v) is 2.73. The highest BCUT2D eigenvalue weighted by Crippen LogP contribution is 2.23. The van der Waals surface area contributed by atoms with E-state index in [1.165, 1.54) is 31.2 Å². The average Bonchev–Trinajstić information content (AvgIpc) is 2.40. The zero-order valence-electron chi connectivity index (χ0n) is 10.9. The van der Waals surface area contributed by atoms with Gasteiger partial charge in [0.15, 0.2) is 0 Å². The highest BCUT2D eigenvalue weighted by Gasteiger charge is 2.25. The molecule has 1 aliphatic carbocycles. The van der Waals surface area contributed by atoms with Gasteiger partial charge in [0.1, 0.15) is 0 Å². The molecule has 3 atom stereocenters. The third kappa shape index (κ3) is 3.30. The maximum atomic E-state index is 5.58. The first-order chi connectivity index (χ1) is 8.31. The van der Waals surface area contributed by atoms with Gasteiger partial charge in [0, 0.05) is 19.2 Å². The molecule has 0 spiro atoms. The fourth-order valence-electron chi connectivity index (χ4n) is 2.73. The zero-order chi connectivity index (χ0) is 12.1. The maximum Gasteiger partial charge on any atom is 0.0724 e. The molecule has 0 aromatic heterocycles. The third-order valence-electron chi connectivity index (χ3n) is 3.77. The van der Waals surface area contributed by atoms with Crippen molar-refractivity contribution in [1.29, 1.82) is 0 Å². The first-order valence-corrected chi connectivity index (χ1v) is 6.65. The van der Waals surface area contributed by atoms with E-state index in [1.807, 2.05) is 7.11 Å². The van der Waals surface area contributed by atoms with Crippen molar-refractivity contribution in [1.82, 2.24) is 5.32 Å². The van der Waals surface area contributed by atoms with Gasteiger partial charge in [0.05, 0.1) is 6.10 Å². The van der Waals surface area contributed by atoms with Gasteiger partial charge in [0.25, 0.3) is 0 Å². The van der Waals surface area contributed by atoms with Gasteiger partial charge < -0.3 is 10.1 Å². The van der Waals surface area contributed by atoms with Crippen molar-refractivity contribution in [3.8, 4) is 0 Å². The molecular formula is C15H23NO. The van der Waals surface area contributed by atoms with Crippen LogP contribution in [0, 0.1) is 0 Å². The van der Waals surface area contributed by atoms with Gasteiger partial charge in [0.2, 0.25) is 0 Å². The number of nitrogens with one attached hydrogen (secondary N) is 1. The molecule has 2 rings (SSSR count). The lowest BCUT2D eigenvalue weighted by Gasteiger charge is -2.33. The number of rotatable bonds is 4. The molecule has 1 aliphatic rings. The quantitative estimate of drug-likeness (QED) is 0.861. The van der Waals surface area contributed by atoms with Crippen molar-refractivity contribution in [3.05, 3.63) is 35.9 Å². The predicted octanol–water partition coefficient (Wildman–Crippen LogP) is 3.29. The Balaban J connectivity index is 1.95. The summed E-state index contributed by atoms with van der Waals surface area (Å²) in [6.07, 6.45) is 5.43. The Kier molecular flexibility index (Phi) is 4.57. The Bertz CT molecular complexity index is 325. The SMILES string of the molecule is CO[C@@H]1CCCC[C@@H]1N[C@@H](C)c1ccccc1. The largest absolute Gasteiger partial charge is 0.380 e. The standard InChI is InChI=1S/C15H23NO/c1-12(13-8-4-3-5-9-13)16-14-10-6-7-11-15(14)17-2/h3-5,8-9,12,14-16H,6-7,10-11H2,1-2H3/t12-,14-,15+/m0/s1. The highest BCUT2D eigenvalue weighted by atomic mass is 16.5. The lowest BCUT2D eigenvalue weighted by atomic mass is 9.91. The van der Waals surface area contributed by atoms with Crippen LogP contribution < -0.4 is 5.32 Å². The van der Waals surface area contributed by atoms with Crippen LogP contribution >= 0.6 is 0 Å². The van der Waals surface area contributed by atoms with Crippen LogP contribution in [0.5, 0.6) is 0 Å². The van der Waals surface area contributed by atoms with Crippen LogP contribution in [0.1, 0.15) is 44.2 Å². The predicted molar refractivity (Wildman–Crippen MR) is 71.0 cm³/mol. The van der Waals surface area contributed by atoms with E-state index < -0.39 is 0 Å². The minimum Gasteiger partial charge on any atom is -0.380 e. The van der Waals surface area contributed by atoms with Crippen LogP contribution in [-0.4, -0.2) is 19.3 Å². The van der Waals surface area contributed by atoms with Gasteiger partial charge >= 0.3 is 0 Å². The van der Waals surface area contributed by atoms with E-state index in [2.05, 4.69) is 42.6 Å². The summed E-state index contributed by atoms with van der Waals surface area (Å²) in [5.41, 5.74) is 1.35. The van der Waals surface area contributed by atoms with Crippen molar-refractivity contribution in [3.63, 3.8) is 0 Å². The molecule has 0 saturated heterocycles. The molecule has 1 saturated carbocycles. The third-order valence-corrected chi connectivity index (χ3v) is 3.77. The summed E-state index contributed by atoms with van der Waals surface area (Å²) >= 11 is 0. The van der Waals surface area contributed by atoms with Crippen LogP contribution in [-0.2, 0) is 4.74 Å². The molecule has 1 aromatic rings. The Hall–Kier alpha value is -0.860. The summed E-state index contributed by atoms with van der Waals surface area (Å²) in [7, 11) is 1.83. The van der Waals surface area contributed by atoms with E-state index in [4.69, 9.17) is 4.74 Å². The molecule has 2 nitrogen and oxygen atoms in total. The molecule has 1 N–H and O–H groups in total. The minimum atomic E-state index is 0.384. The van der Waals surface area contributed by atoms with E-state index in [1.54, 1.807) is 0 Å². The summed E-state index contributed by atoms with van der Waals surface area (Å²) in [6, 6.07) is 11.5. The molecule has 0 heterocycles. The van der Waals surface area contributed by atoms with Crippen LogP contribution in [0.2, 0.25) is 0 Å². The van der Waals surface area contributed by atoms with Crippen LogP contribution in [0.3, 0.4) is 0 Å². The van der Waals surface area contributed by atoms with E-state index >= 15 is 0 Å². The highest BCUT2D eigenvalue weighted by molar-refractivity contribution is 5.18. The van der Waals surface area contributed by atoms with Crippen molar-refractivity contribution in [2.45, 2.75) is 50.8 Å². The number of hydrogen-bond acceptors (Lipinski definition) is 2. The smallest absolute Gasteiger partial charge is 0.0724 e. The van der Waals surface area contributed by atoms with Gasteiger partial charge in [-0.1, -0.05) is 43.2 Å². The Morgan fingerprint density at radius 1 is 1.18 bits per heavy atom. The molecule has 17 heavy (non-hydrogen) atoms. The fraction of sp³-hybridized carbons (Fsp3) is 0.600. The monoisotopic (exact) mass is 233 g/mol. The van der Waals surface area contributed by atoms with Crippen LogP contribution in [0.4, 0.5) is 0 Å². The van der Waals surface area contributed by atoms with Crippen molar-refractivity contribution in [2.75, 3.05) is 7.11 Å². The maximum absolute atomic E-state index is 5.58. The minimum absolute atomic E-state index is 0.384. The summed E-state index contributed by atoms with van der Waals surface area (Å²) in [4.78, 5) is 0. The second kappa shape index (κ2) is 6.18. The number of benzene rings is 1. The normalized spacial score (nSPS) is 26.7. The number of ether oxygens (including phenoxy) is 1. The second-order valence-electron chi connectivity index (χ2n) is 4.96. The van der Waals surface area contributed by atoms with E-state index in [0.29, 0.717) is 18.2 Å². The molecule has 1 fully saturated rings. The Morgan fingerprint density at radius 2 is 1.88 bits per heavy atom. The van der Waals surface area contributed by atoms with Gasteiger partial charge in [-0.15, -0.1) is 0 Å². The molecule has 94 valence electrons. The van der Waals surface area contributed by atoms with Gasteiger partial charge in [-0.05, 0) is 25.3 Å². The number of hydrogen-bond donors (Lipinski definition) is 1. The van der Waals surface area contributed by atoms with Crippen LogP contribution in [0.15, 0.2) is 30.3 Å². The first-order valence-electron chi connectivity index (χ1n) is 6.65. The molecule has 2 heteroatoms. The molecule has 0 radical (unpaired) electrons. The molecule has 0 unspecified atom stereocenters. The Labute approximate surface area is 104 Å². The molecule has 0 bridgehead atoms. The summed E-state index contributed by atoms with van der Waals surface area (Å²) < 4.78 is 5.58. The first kappa shape index (κ1) is 12.6. The van der Waals surface area contributed by atoms with E-state index in [-0.39, 0.29) is 0 Å². The summed E-state index contributed by atoms with van der Waals surface area (Å²) in [6.45, 7) is 2.23. The molecule has 0 aliphatic heterocycles. The number of methoxy groups -OCH3 is 1. The molecule has 1 aromatic carbocycles. The lowest BCUT2D eigenvalue weighted by molar-refractivity contribution is 0.0384. The van der Waals surface area contributed by atoms with Crippen molar-refractivity contribution in [2.24, 2.45) is 0 Å². The molecule has 0 amide bonds. The van der Waals surface area contributed by atoms with Gasteiger partial charge in [-0.2, -0.15) is 0 Å². The van der Waals surface area contributed by atoms with Gasteiger partial charge in [-0.3, -0.25) is 0 Å². The lowest BCUT2D eigenvalue weighted by Crippen LogP contribution is -2.44. The summed E-state index contributed by atoms with van der Waals surface area (Å²) in [5, 5.41) is 3.71.